The van der Waals surface area contributed by atoms with Gasteiger partial charge in [0, 0.05) is 16.1 Å². The van der Waals surface area contributed by atoms with Crippen LogP contribution in [-0.4, -0.2) is 17.8 Å². The lowest BCUT2D eigenvalue weighted by Crippen LogP contribution is -2.03. The minimum Gasteiger partial charge on any atom is -0.399 e. The summed E-state index contributed by atoms with van der Waals surface area (Å²) >= 11 is 7.20. The molecule has 0 saturated carbocycles. The molecule has 0 bridgehead atoms. The van der Waals surface area contributed by atoms with Gasteiger partial charge in [-0.25, -0.2) is 0 Å². The van der Waals surface area contributed by atoms with Crippen LogP contribution in [0.5, 0.6) is 0 Å². The van der Waals surface area contributed by atoms with Gasteiger partial charge in [-0.2, -0.15) is 0 Å². The van der Waals surface area contributed by atoms with E-state index in [0.717, 1.165) is 21.3 Å². The first-order valence-electron chi connectivity index (χ1n) is 6.18. The van der Waals surface area contributed by atoms with Gasteiger partial charge < -0.3 is 9.82 Å². The van der Waals surface area contributed by atoms with Gasteiger partial charge in [0.15, 0.2) is 0 Å². The zero-order chi connectivity index (χ0) is 14.8. The molecule has 0 aliphatic carbocycles. The summed E-state index contributed by atoms with van der Waals surface area (Å²) in [5, 5.41) is 4.72. The molecule has 0 aliphatic rings. The Morgan fingerprint density at radius 2 is 2.05 bits per heavy atom. The summed E-state index contributed by atoms with van der Waals surface area (Å²) in [6, 6.07) is 13.1. The van der Waals surface area contributed by atoms with Crippen LogP contribution in [0.25, 0.3) is 10.2 Å². The van der Waals surface area contributed by atoms with Gasteiger partial charge in [0.2, 0.25) is 0 Å². The second-order valence-corrected chi connectivity index (χ2v) is 5.81. The molecule has 0 radical (unpaired) electrons. The molecular formula is C15H11ClN2O2S. The van der Waals surface area contributed by atoms with Crippen LogP contribution in [0, 0.1) is 0 Å². The predicted octanol–water partition coefficient (Wildman–Crippen LogP) is 3.64. The minimum absolute atomic E-state index is 0.0739. The highest BCUT2D eigenvalue weighted by atomic mass is 35.5. The Hall–Kier alpha value is -2.11. The molecule has 3 rings (SSSR count). The molecule has 2 aromatic carbocycles. The highest BCUT2D eigenvalue weighted by Crippen LogP contribution is 2.21. The van der Waals surface area contributed by atoms with Gasteiger partial charge in [0.1, 0.15) is 12.8 Å². The predicted molar refractivity (Wildman–Crippen MR) is 86.5 cm³/mol. The molecule has 3 aromatic rings. The lowest BCUT2D eigenvalue weighted by Gasteiger charge is -2.07. The third-order valence-electron chi connectivity index (χ3n) is 2.98. The van der Waals surface area contributed by atoms with E-state index in [1.54, 1.807) is 6.07 Å². The molecule has 21 heavy (non-hydrogen) atoms. The molecule has 0 spiro atoms. The van der Waals surface area contributed by atoms with Crippen LogP contribution in [0.4, 0.5) is 0 Å². The number of H-pyrrole nitrogens is 1. The highest BCUT2D eigenvalue weighted by molar-refractivity contribution is 7.16. The summed E-state index contributed by atoms with van der Waals surface area (Å²) in [4.78, 5) is 19.1. The molecule has 1 heterocycles. The van der Waals surface area contributed by atoms with E-state index in [4.69, 9.17) is 16.4 Å². The molecule has 0 unspecified atom stereocenters. The van der Waals surface area contributed by atoms with E-state index in [2.05, 4.69) is 10.1 Å². The Labute approximate surface area is 129 Å². The van der Waals surface area contributed by atoms with E-state index in [-0.39, 0.29) is 4.87 Å². The molecule has 0 aliphatic heterocycles. The van der Waals surface area contributed by atoms with Gasteiger partial charge in [-0.15, -0.1) is 0 Å². The number of benzene rings is 2. The first kappa shape index (κ1) is 13.9. The summed E-state index contributed by atoms with van der Waals surface area (Å²) < 4.78 is 0.878. The first-order valence-corrected chi connectivity index (χ1v) is 7.37. The number of fused-ring (bicyclic) bond motifs is 1. The molecule has 6 heteroatoms. The number of nitrogens with zero attached hydrogens (tertiary/aromatic N) is 1. The molecule has 106 valence electrons. The zero-order valence-corrected chi connectivity index (χ0v) is 12.7. The maximum atomic E-state index is 11.4. The van der Waals surface area contributed by atoms with Crippen molar-refractivity contribution in [1.29, 1.82) is 0 Å². The average Bonchev–Trinajstić information content (AvgIpc) is 2.83. The van der Waals surface area contributed by atoms with Crippen molar-refractivity contribution in [2.24, 2.45) is 5.16 Å². The SMILES string of the molecule is CO/N=C(\c1cccc(Cl)c1)c1ccc2[nH]c(=O)sc2c1. The van der Waals surface area contributed by atoms with Crippen molar-refractivity contribution in [2.45, 2.75) is 0 Å². The molecule has 0 amide bonds. The Kier molecular flexibility index (Phi) is 3.77. The van der Waals surface area contributed by atoms with E-state index < -0.39 is 0 Å². The van der Waals surface area contributed by atoms with Crippen LogP contribution in [0.2, 0.25) is 5.02 Å². The number of hydrogen-bond donors (Lipinski definition) is 1. The largest absolute Gasteiger partial charge is 0.399 e. The lowest BCUT2D eigenvalue weighted by molar-refractivity contribution is 0.214. The smallest absolute Gasteiger partial charge is 0.305 e. The molecule has 0 saturated heterocycles. The van der Waals surface area contributed by atoms with Crippen LogP contribution in [-0.2, 0) is 4.84 Å². The van der Waals surface area contributed by atoms with Crippen LogP contribution in [0.1, 0.15) is 11.1 Å². The number of aromatic amines is 1. The molecular weight excluding hydrogens is 308 g/mol. The van der Waals surface area contributed by atoms with Crippen molar-refractivity contribution >= 4 is 38.9 Å². The van der Waals surface area contributed by atoms with E-state index >= 15 is 0 Å². The second kappa shape index (κ2) is 5.71. The number of rotatable bonds is 3. The fraction of sp³-hybridized carbons (Fsp3) is 0.0667. The minimum atomic E-state index is -0.0739. The first-order chi connectivity index (χ1) is 10.2. The van der Waals surface area contributed by atoms with Crippen molar-refractivity contribution in [1.82, 2.24) is 4.98 Å². The molecule has 4 nitrogen and oxygen atoms in total. The van der Waals surface area contributed by atoms with Crippen LogP contribution >= 0.6 is 22.9 Å². The van der Waals surface area contributed by atoms with Crippen molar-refractivity contribution in [3.05, 3.63) is 68.3 Å². The summed E-state index contributed by atoms with van der Waals surface area (Å²) in [5.41, 5.74) is 3.20. The Morgan fingerprint density at radius 3 is 2.81 bits per heavy atom. The highest BCUT2D eigenvalue weighted by Gasteiger charge is 2.10. The van der Waals surface area contributed by atoms with Gasteiger partial charge in [-0.05, 0) is 24.3 Å². The monoisotopic (exact) mass is 318 g/mol. The number of oxime groups is 1. The maximum absolute atomic E-state index is 11.4. The standard InChI is InChI=1S/C15H11ClN2O2S/c1-20-18-14(9-3-2-4-11(16)7-9)10-5-6-12-13(8-10)21-15(19)17-12/h2-8H,1H3,(H,17,19)/b18-14+. The number of aromatic nitrogens is 1. The van der Waals surface area contributed by atoms with Gasteiger partial charge in [0.25, 0.3) is 0 Å². The van der Waals surface area contributed by atoms with Crippen molar-refractivity contribution in [3.63, 3.8) is 0 Å². The van der Waals surface area contributed by atoms with E-state index in [9.17, 15) is 4.79 Å². The van der Waals surface area contributed by atoms with Gasteiger partial charge in [-0.3, -0.25) is 4.79 Å². The summed E-state index contributed by atoms with van der Waals surface area (Å²) in [7, 11) is 1.50. The lowest BCUT2D eigenvalue weighted by atomic mass is 10.0. The van der Waals surface area contributed by atoms with Gasteiger partial charge in [0.05, 0.1) is 10.2 Å². The Morgan fingerprint density at radius 1 is 1.24 bits per heavy atom. The average molecular weight is 319 g/mol. The van der Waals surface area contributed by atoms with Crippen molar-refractivity contribution in [2.75, 3.05) is 7.11 Å². The Bertz CT molecular complexity index is 883. The second-order valence-electron chi connectivity index (χ2n) is 4.36. The molecule has 0 fully saturated rings. The third-order valence-corrected chi connectivity index (χ3v) is 4.06. The fourth-order valence-electron chi connectivity index (χ4n) is 2.09. The summed E-state index contributed by atoms with van der Waals surface area (Å²) in [6.07, 6.45) is 0. The Balaban J connectivity index is 2.15. The fourth-order valence-corrected chi connectivity index (χ4v) is 3.06. The number of halogens is 1. The third kappa shape index (κ3) is 2.84. The van der Waals surface area contributed by atoms with E-state index in [0.29, 0.717) is 10.7 Å². The topological polar surface area (TPSA) is 54.4 Å². The van der Waals surface area contributed by atoms with Crippen LogP contribution in [0.15, 0.2) is 52.4 Å². The molecule has 1 aromatic heterocycles. The summed E-state index contributed by atoms with van der Waals surface area (Å²) in [5.74, 6) is 0. The summed E-state index contributed by atoms with van der Waals surface area (Å²) in [6.45, 7) is 0. The normalized spacial score (nSPS) is 11.8. The number of nitrogens with one attached hydrogen (secondary N) is 1. The van der Waals surface area contributed by atoms with Crippen molar-refractivity contribution in [3.8, 4) is 0 Å². The van der Waals surface area contributed by atoms with Crippen LogP contribution in [0.3, 0.4) is 0 Å². The molecule has 0 atom stereocenters. The van der Waals surface area contributed by atoms with E-state index in [1.165, 1.54) is 18.4 Å². The van der Waals surface area contributed by atoms with Gasteiger partial charge >= 0.3 is 4.87 Å². The van der Waals surface area contributed by atoms with Crippen LogP contribution < -0.4 is 4.87 Å². The van der Waals surface area contributed by atoms with Gasteiger partial charge in [-0.1, -0.05) is 46.3 Å². The number of hydrogen-bond acceptors (Lipinski definition) is 4. The van der Waals surface area contributed by atoms with Crippen molar-refractivity contribution < 1.29 is 4.84 Å². The quantitative estimate of drug-likeness (QED) is 0.592. The van der Waals surface area contributed by atoms with E-state index in [1.807, 2.05) is 36.4 Å². The maximum Gasteiger partial charge on any atom is 0.305 e. The zero-order valence-electron chi connectivity index (χ0n) is 11.1. The molecule has 1 N–H and O–H groups in total. The number of thiazole rings is 1.